The Balaban J connectivity index is 0.00000171. The highest BCUT2D eigenvalue weighted by atomic mass is 79.9. The maximum atomic E-state index is 13.5. The second kappa shape index (κ2) is 9.18. The molecule has 0 spiro atoms. The predicted molar refractivity (Wildman–Crippen MR) is 120 cm³/mol. The molecule has 5 nitrogen and oxygen atoms in total. The topological polar surface area (TPSA) is 59.1 Å². The average molecular weight is 558 g/mol. The van der Waals surface area contributed by atoms with Crippen molar-refractivity contribution in [3.8, 4) is 0 Å². The Hall–Kier alpha value is -1.94. The van der Waals surface area contributed by atoms with Crippen molar-refractivity contribution in [2.75, 3.05) is 14.1 Å². The Morgan fingerprint density at radius 2 is 1.51 bits per heavy atom. The summed E-state index contributed by atoms with van der Waals surface area (Å²) >= 11 is 0. The number of ether oxygens (including phenoxy) is 2. The van der Waals surface area contributed by atoms with Gasteiger partial charge in [-0.15, -0.1) is 0 Å². The maximum Gasteiger partial charge on any atom is 0.416 e. The van der Waals surface area contributed by atoms with E-state index in [9.17, 15) is 23.1 Å². The fourth-order valence-corrected chi connectivity index (χ4v) is 5.73. The third-order valence-electron chi connectivity index (χ3n) is 7.65. The number of quaternary nitrogens is 1. The fourth-order valence-electron chi connectivity index (χ4n) is 5.73. The van der Waals surface area contributed by atoms with Crippen LogP contribution in [0.1, 0.15) is 42.5 Å². The van der Waals surface area contributed by atoms with Gasteiger partial charge in [-0.2, -0.15) is 13.2 Å². The van der Waals surface area contributed by atoms with Gasteiger partial charge in [-0.25, -0.2) is 4.79 Å². The quantitative estimate of drug-likeness (QED) is 0.348. The lowest BCUT2D eigenvalue weighted by molar-refractivity contribution is -0.938. The number of hydrogen-bond donors (Lipinski definition) is 1. The lowest BCUT2D eigenvalue weighted by atomic mass is 9.84. The Kier molecular flexibility index (Phi) is 7.25. The maximum absolute atomic E-state index is 13.5. The summed E-state index contributed by atoms with van der Waals surface area (Å²) in [5.74, 6) is -0.960. The Bertz CT molecular complexity index is 1090. The van der Waals surface area contributed by atoms with Crippen molar-refractivity contribution in [2.45, 2.75) is 69.4 Å². The molecule has 0 aromatic heterocycles. The largest absolute Gasteiger partial charge is 1.00 e. The summed E-state index contributed by atoms with van der Waals surface area (Å²) in [4.78, 5) is 13.5. The van der Waals surface area contributed by atoms with Crippen LogP contribution >= 0.6 is 0 Å². The number of carbonyl (C=O) groups is 1. The Labute approximate surface area is 214 Å². The Morgan fingerprint density at radius 1 is 1.00 bits per heavy atom. The van der Waals surface area contributed by atoms with E-state index in [2.05, 4.69) is 14.1 Å². The number of piperidine rings is 1. The highest BCUT2D eigenvalue weighted by Gasteiger charge is 2.71. The average Bonchev–Trinajstić information content (AvgIpc) is 3.51. The first kappa shape index (κ1) is 27.6. The fraction of sp³-hybridized carbons (Fsp3) is 0.500. The summed E-state index contributed by atoms with van der Waals surface area (Å²) in [6, 6.07) is 11.2. The minimum atomic E-state index is -4.61. The minimum Gasteiger partial charge on any atom is -1.00 e. The van der Waals surface area contributed by atoms with E-state index in [1.165, 1.54) is 18.2 Å². The number of rotatable bonds is 4. The highest BCUT2D eigenvalue weighted by Crippen LogP contribution is 2.52. The molecule has 2 aromatic rings. The second-order valence-corrected chi connectivity index (χ2v) is 9.99. The zero-order valence-corrected chi connectivity index (χ0v) is 20.6. The molecule has 0 radical (unpaired) electrons. The predicted octanol–water partition coefficient (Wildman–Crippen LogP) is 1.19. The third kappa shape index (κ3) is 4.52. The molecule has 0 aliphatic carbocycles. The molecule has 3 saturated heterocycles. The van der Waals surface area contributed by atoms with Gasteiger partial charge in [0.2, 0.25) is 5.60 Å². The van der Waals surface area contributed by atoms with E-state index in [0.717, 1.165) is 22.2 Å². The van der Waals surface area contributed by atoms with Crippen LogP contribution in [0.4, 0.5) is 13.2 Å². The molecule has 35 heavy (non-hydrogen) atoms. The molecular weight excluding hydrogens is 527 g/mol. The number of hydrogen-bond acceptors (Lipinski definition) is 4. The number of aryl methyl sites for hydroxylation is 1. The van der Waals surface area contributed by atoms with Gasteiger partial charge in [-0.3, -0.25) is 0 Å². The monoisotopic (exact) mass is 557 g/mol. The first-order valence-corrected chi connectivity index (χ1v) is 11.1. The van der Waals surface area contributed by atoms with Crippen molar-refractivity contribution in [1.82, 2.24) is 0 Å². The van der Waals surface area contributed by atoms with E-state index in [0.29, 0.717) is 12.8 Å². The SMILES string of the molecule is C.Cc1cccc(C(O)(C(=O)OC2CC3C4O[C@@H]4[C@H](C2)[N+]3(C)C)c2cccc(C(F)(F)F)c2)c1.[Br-]. The summed E-state index contributed by atoms with van der Waals surface area (Å²) in [7, 11) is 4.29. The van der Waals surface area contributed by atoms with Gasteiger partial charge in [0.05, 0.1) is 19.7 Å². The van der Waals surface area contributed by atoms with Crippen LogP contribution in [0.5, 0.6) is 0 Å². The molecule has 9 heteroatoms. The van der Waals surface area contributed by atoms with Crippen molar-refractivity contribution >= 4 is 5.97 Å². The first-order valence-electron chi connectivity index (χ1n) is 11.1. The van der Waals surface area contributed by atoms with E-state index in [1.54, 1.807) is 25.1 Å². The normalized spacial score (nSPS) is 29.6. The van der Waals surface area contributed by atoms with Crippen molar-refractivity contribution < 1.29 is 54.0 Å². The number of epoxide rings is 1. The molecule has 3 heterocycles. The van der Waals surface area contributed by atoms with Crippen molar-refractivity contribution in [2.24, 2.45) is 0 Å². The zero-order chi connectivity index (χ0) is 23.8. The first-order chi connectivity index (χ1) is 15.4. The van der Waals surface area contributed by atoms with Crippen LogP contribution in [-0.2, 0) is 26.0 Å². The van der Waals surface area contributed by atoms with Crippen LogP contribution in [0.15, 0.2) is 48.5 Å². The summed E-state index contributed by atoms with van der Waals surface area (Å²) in [5, 5.41) is 11.7. The van der Waals surface area contributed by atoms with Gasteiger partial charge in [-0.05, 0) is 24.6 Å². The molecule has 0 saturated carbocycles. The molecule has 192 valence electrons. The Morgan fingerprint density at radius 3 is 2.06 bits per heavy atom. The molecule has 3 aliphatic heterocycles. The van der Waals surface area contributed by atoms with Crippen LogP contribution in [0.3, 0.4) is 0 Å². The molecule has 3 aliphatic rings. The van der Waals surface area contributed by atoms with E-state index in [1.807, 2.05) is 0 Å². The van der Waals surface area contributed by atoms with E-state index >= 15 is 0 Å². The molecule has 4 unspecified atom stereocenters. The van der Waals surface area contributed by atoms with Gasteiger partial charge in [0.15, 0.2) is 0 Å². The molecule has 5 rings (SSSR count). The lowest BCUT2D eigenvalue weighted by Crippen LogP contribution is -3.00. The molecule has 3 fully saturated rings. The molecule has 0 amide bonds. The van der Waals surface area contributed by atoms with Gasteiger partial charge in [-0.1, -0.05) is 49.4 Å². The smallest absolute Gasteiger partial charge is 0.416 e. The number of morpholine rings is 1. The highest BCUT2D eigenvalue weighted by molar-refractivity contribution is 5.85. The summed E-state index contributed by atoms with van der Waals surface area (Å²) < 4.78 is 52.6. The van der Waals surface area contributed by atoms with E-state index in [4.69, 9.17) is 9.47 Å². The number of alkyl halides is 3. The van der Waals surface area contributed by atoms with Crippen LogP contribution in [0.25, 0.3) is 0 Å². The van der Waals surface area contributed by atoms with Crippen molar-refractivity contribution in [1.29, 1.82) is 0 Å². The molecule has 2 aromatic carbocycles. The van der Waals surface area contributed by atoms with Crippen LogP contribution in [0.2, 0.25) is 0 Å². The minimum absolute atomic E-state index is 0. The van der Waals surface area contributed by atoms with Crippen molar-refractivity contribution in [3.05, 3.63) is 70.8 Å². The summed E-state index contributed by atoms with van der Waals surface area (Å²) in [6.45, 7) is 1.78. The standard InChI is InChI=1S/C25H27F3NO4.CH4.BrH/c1-14-6-4-7-15(10-14)24(31,16-8-5-9-17(11-16)25(26,27)28)23(30)32-18-12-19-21-22(33-21)20(13-18)29(19,2)3;;/h4-11,18-22,31H,12-13H2,1-3H3;1H4;1H/q+1;;/p-1/t18?,19-,20?,21+,22?,24?;;/m0../s1. The second-order valence-electron chi connectivity index (χ2n) is 9.99. The van der Waals surface area contributed by atoms with Gasteiger partial charge < -0.3 is 36.0 Å². The number of benzene rings is 2. The molecule has 2 bridgehead atoms. The number of aliphatic hydroxyl groups is 1. The number of esters is 1. The summed E-state index contributed by atoms with van der Waals surface area (Å²) in [5.41, 5.74) is -2.54. The van der Waals surface area contributed by atoms with Gasteiger partial charge in [0.25, 0.3) is 0 Å². The third-order valence-corrected chi connectivity index (χ3v) is 7.65. The zero-order valence-electron chi connectivity index (χ0n) is 19.1. The van der Waals surface area contributed by atoms with Crippen LogP contribution in [-0.4, -0.2) is 60.0 Å². The van der Waals surface area contributed by atoms with Crippen LogP contribution < -0.4 is 17.0 Å². The van der Waals surface area contributed by atoms with Crippen LogP contribution in [0, 0.1) is 6.92 Å². The lowest BCUT2D eigenvalue weighted by Gasteiger charge is -2.45. The summed E-state index contributed by atoms with van der Waals surface area (Å²) in [6.07, 6.45) is -3.55. The number of fused-ring (bicyclic) bond motifs is 5. The molecule has 1 N–H and O–H groups in total. The van der Waals surface area contributed by atoms with E-state index in [-0.39, 0.29) is 59.8 Å². The number of carbonyl (C=O) groups excluding carboxylic acids is 1. The number of nitrogens with zero attached hydrogens (tertiary/aromatic N) is 1. The van der Waals surface area contributed by atoms with E-state index < -0.39 is 29.4 Å². The number of halogens is 4. The molecule has 6 atom stereocenters. The van der Waals surface area contributed by atoms with Crippen molar-refractivity contribution in [3.63, 3.8) is 0 Å². The van der Waals surface area contributed by atoms with Gasteiger partial charge in [0, 0.05) is 18.4 Å². The molecular formula is C26H31BrF3NO4. The van der Waals surface area contributed by atoms with Gasteiger partial charge in [0.1, 0.15) is 30.4 Å². The van der Waals surface area contributed by atoms with Gasteiger partial charge >= 0.3 is 12.1 Å². The number of likely N-dealkylation sites (N-methyl/N-ethyl adjacent to an activating group) is 1.